The van der Waals surface area contributed by atoms with Crippen molar-refractivity contribution >= 4 is 29.3 Å². The molecule has 3 atom stereocenters. The highest BCUT2D eigenvalue weighted by Crippen LogP contribution is 2.29. The summed E-state index contributed by atoms with van der Waals surface area (Å²) in [5, 5.41) is 13.3. The van der Waals surface area contributed by atoms with E-state index in [0.29, 0.717) is 0 Å². The van der Waals surface area contributed by atoms with Crippen molar-refractivity contribution in [2.45, 2.75) is 33.2 Å². The first kappa shape index (κ1) is 20.2. The molecule has 9 heteroatoms. The summed E-state index contributed by atoms with van der Waals surface area (Å²) in [4.78, 5) is 57.6. The number of carbonyl (C=O) groups excluding carboxylic acids is 4. The van der Waals surface area contributed by atoms with Gasteiger partial charge in [0.15, 0.2) is 0 Å². The van der Waals surface area contributed by atoms with Crippen LogP contribution in [-0.2, 0) is 19.1 Å². The highest BCUT2D eigenvalue weighted by molar-refractivity contribution is 6.04. The van der Waals surface area contributed by atoms with Gasteiger partial charge in [0.1, 0.15) is 12.2 Å². The molecular weight excluding hydrogens is 356 g/mol. The molecule has 0 unspecified atom stereocenters. The van der Waals surface area contributed by atoms with E-state index in [1.807, 2.05) is 13.8 Å². The van der Waals surface area contributed by atoms with Crippen LogP contribution in [-0.4, -0.2) is 34.6 Å². The molecule has 1 fully saturated rings. The zero-order chi connectivity index (χ0) is 20.3. The lowest BCUT2D eigenvalue weighted by atomic mass is 9.74. The maximum Gasteiger partial charge on any atom is 0.345 e. The highest BCUT2D eigenvalue weighted by Gasteiger charge is 2.46. The number of ketones is 1. The topological polar surface area (TPSA) is 133 Å². The molecule has 27 heavy (non-hydrogen) atoms. The van der Waals surface area contributed by atoms with Crippen LogP contribution in [0.15, 0.2) is 24.3 Å². The molecule has 1 aliphatic rings. The Labute approximate surface area is 155 Å². The van der Waals surface area contributed by atoms with Crippen LogP contribution in [0.25, 0.3) is 0 Å². The molecule has 0 spiro atoms. The summed E-state index contributed by atoms with van der Waals surface area (Å²) >= 11 is 0. The first-order valence-electron chi connectivity index (χ1n) is 8.44. The van der Waals surface area contributed by atoms with Crippen molar-refractivity contribution in [2.24, 2.45) is 17.8 Å². The van der Waals surface area contributed by atoms with Gasteiger partial charge in [-0.2, -0.15) is 0 Å². The van der Waals surface area contributed by atoms with Crippen molar-refractivity contribution in [1.82, 2.24) is 5.32 Å². The standard InChI is InChI=1S/C18H20N2O7/c1-9(2)15-16(19-17(15)23)10(3)13(21)8-14(22)27-18(24)11-4-6-12(7-5-11)20(25)26/h4-7,9-10,15-16H,8H2,1-3H3,(H,19,23)/t10-,15+,16+/m0/s1. The molecule has 0 radical (unpaired) electrons. The third-order valence-electron chi connectivity index (χ3n) is 4.60. The number of ether oxygens (including phenoxy) is 1. The van der Waals surface area contributed by atoms with Crippen LogP contribution < -0.4 is 5.32 Å². The summed E-state index contributed by atoms with van der Waals surface area (Å²) in [7, 11) is 0. The van der Waals surface area contributed by atoms with Gasteiger partial charge in [0.2, 0.25) is 5.91 Å². The van der Waals surface area contributed by atoms with E-state index in [0.717, 1.165) is 24.3 Å². The minimum atomic E-state index is -1.01. The molecule has 0 aromatic heterocycles. The molecule has 1 aliphatic heterocycles. The second-order valence-corrected chi connectivity index (χ2v) is 6.80. The molecule has 144 valence electrons. The zero-order valence-electron chi connectivity index (χ0n) is 15.1. The molecule has 0 saturated carbocycles. The summed E-state index contributed by atoms with van der Waals surface area (Å²) in [5.41, 5.74) is -0.246. The summed E-state index contributed by atoms with van der Waals surface area (Å²) in [5.74, 6) is -3.37. The lowest BCUT2D eigenvalue weighted by Gasteiger charge is -2.42. The van der Waals surface area contributed by atoms with Crippen molar-refractivity contribution in [1.29, 1.82) is 0 Å². The number of nitro benzene ring substituents is 1. The number of nitrogens with zero attached hydrogens (tertiary/aromatic N) is 1. The molecular formula is C18H20N2O7. The van der Waals surface area contributed by atoms with Crippen molar-refractivity contribution in [3.63, 3.8) is 0 Å². The van der Waals surface area contributed by atoms with E-state index >= 15 is 0 Å². The maximum atomic E-state index is 12.3. The van der Waals surface area contributed by atoms with Crippen LogP contribution in [0.5, 0.6) is 0 Å². The van der Waals surface area contributed by atoms with Crippen LogP contribution in [0.2, 0.25) is 0 Å². The van der Waals surface area contributed by atoms with Gasteiger partial charge in [-0.1, -0.05) is 20.8 Å². The largest absolute Gasteiger partial charge is 0.389 e. The SMILES string of the molecule is CC(C)[C@H]1C(=O)N[C@@H]1[C@@H](C)C(=O)CC(=O)OC(=O)c1ccc([N+](=O)[O-])cc1. The van der Waals surface area contributed by atoms with E-state index in [-0.39, 0.29) is 35.0 Å². The van der Waals surface area contributed by atoms with Gasteiger partial charge in [-0.25, -0.2) is 4.79 Å². The predicted molar refractivity (Wildman–Crippen MR) is 92.6 cm³/mol. The molecule has 1 saturated heterocycles. The number of β-lactam (4-membered cyclic amide) rings is 1. The molecule has 1 heterocycles. The quantitative estimate of drug-likeness (QED) is 0.251. The fraction of sp³-hybridized carbons (Fsp3) is 0.444. The molecule has 1 N–H and O–H groups in total. The number of rotatable bonds is 7. The Balaban J connectivity index is 1.90. The first-order valence-corrected chi connectivity index (χ1v) is 8.44. The molecule has 2 rings (SSSR count). The lowest BCUT2D eigenvalue weighted by Crippen LogP contribution is -2.63. The first-order chi connectivity index (χ1) is 12.6. The number of nitro groups is 1. The number of carbonyl (C=O) groups is 4. The van der Waals surface area contributed by atoms with E-state index in [1.165, 1.54) is 0 Å². The zero-order valence-corrected chi connectivity index (χ0v) is 15.1. The number of Topliss-reactive ketones (excluding diaryl/α,β-unsaturated/α-hetero) is 1. The molecule has 9 nitrogen and oxygen atoms in total. The second-order valence-electron chi connectivity index (χ2n) is 6.80. The predicted octanol–water partition coefficient (Wildman–Crippen LogP) is 1.64. The Morgan fingerprint density at radius 3 is 2.26 bits per heavy atom. The minimum absolute atomic E-state index is 0.0411. The minimum Gasteiger partial charge on any atom is -0.389 e. The van der Waals surface area contributed by atoms with Gasteiger partial charge in [0, 0.05) is 18.1 Å². The number of esters is 2. The maximum absolute atomic E-state index is 12.3. The van der Waals surface area contributed by atoms with Crippen LogP contribution in [0.1, 0.15) is 37.6 Å². The van der Waals surface area contributed by atoms with Gasteiger partial charge >= 0.3 is 11.9 Å². The van der Waals surface area contributed by atoms with Crippen LogP contribution in [0.4, 0.5) is 5.69 Å². The smallest absolute Gasteiger partial charge is 0.345 e. The number of nitrogens with one attached hydrogen (secondary N) is 1. The highest BCUT2D eigenvalue weighted by atomic mass is 16.6. The van der Waals surface area contributed by atoms with Gasteiger partial charge in [0.05, 0.1) is 22.4 Å². The average molecular weight is 376 g/mol. The number of benzene rings is 1. The summed E-state index contributed by atoms with van der Waals surface area (Å²) in [6, 6.07) is 4.20. The molecule has 1 amide bonds. The van der Waals surface area contributed by atoms with Gasteiger partial charge in [-0.3, -0.25) is 24.5 Å². The normalized spacial score (nSPS) is 19.6. The monoisotopic (exact) mass is 376 g/mol. The third-order valence-corrected chi connectivity index (χ3v) is 4.60. The molecule has 0 bridgehead atoms. The van der Waals surface area contributed by atoms with E-state index in [2.05, 4.69) is 10.1 Å². The molecule has 0 aliphatic carbocycles. The Hall–Kier alpha value is -3.10. The summed E-state index contributed by atoms with van der Waals surface area (Å²) in [6.07, 6.45) is -0.600. The van der Waals surface area contributed by atoms with Crippen molar-refractivity contribution < 1.29 is 28.8 Å². The third kappa shape index (κ3) is 4.55. The Morgan fingerprint density at radius 1 is 1.19 bits per heavy atom. The fourth-order valence-corrected chi connectivity index (χ4v) is 2.99. The van der Waals surface area contributed by atoms with E-state index < -0.39 is 35.0 Å². The Morgan fingerprint density at radius 2 is 1.78 bits per heavy atom. The average Bonchev–Trinajstić information content (AvgIpc) is 2.58. The van der Waals surface area contributed by atoms with E-state index in [4.69, 9.17) is 0 Å². The lowest BCUT2D eigenvalue weighted by molar-refractivity contribution is -0.384. The number of non-ortho nitro benzene ring substituents is 1. The van der Waals surface area contributed by atoms with E-state index in [9.17, 15) is 29.3 Å². The number of hydrogen-bond acceptors (Lipinski definition) is 7. The van der Waals surface area contributed by atoms with Crippen LogP contribution in [0.3, 0.4) is 0 Å². The fourth-order valence-electron chi connectivity index (χ4n) is 2.99. The van der Waals surface area contributed by atoms with Crippen molar-refractivity contribution in [3.05, 3.63) is 39.9 Å². The van der Waals surface area contributed by atoms with Crippen molar-refractivity contribution in [2.75, 3.05) is 0 Å². The van der Waals surface area contributed by atoms with Crippen LogP contribution >= 0.6 is 0 Å². The summed E-state index contributed by atoms with van der Waals surface area (Å²) in [6.45, 7) is 5.38. The van der Waals surface area contributed by atoms with E-state index in [1.54, 1.807) is 6.92 Å². The number of hydrogen-bond donors (Lipinski definition) is 1. The molecule has 1 aromatic rings. The Bertz CT molecular complexity index is 785. The summed E-state index contributed by atoms with van der Waals surface area (Å²) < 4.78 is 4.63. The molecule has 1 aromatic carbocycles. The van der Waals surface area contributed by atoms with Crippen molar-refractivity contribution in [3.8, 4) is 0 Å². The van der Waals surface area contributed by atoms with Gasteiger partial charge in [-0.15, -0.1) is 0 Å². The van der Waals surface area contributed by atoms with Gasteiger partial charge < -0.3 is 10.1 Å². The second kappa shape index (κ2) is 8.07. The van der Waals surface area contributed by atoms with Gasteiger partial charge in [0.25, 0.3) is 5.69 Å². The Kier molecular flexibility index (Phi) is 6.04. The number of amides is 1. The van der Waals surface area contributed by atoms with Crippen LogP contribution in [0, 0.1) is 27.9 Å². The van der Waals surface area contributed by atoms with Gasteiger partial charge in [-0.05, 0) is 18.1 Å².